The molecule has 0 saturated carbocycles. The number of hydrogen-bond donors (Lipinski definition) is 0. The van der Waals surface area contributed by atoms with Gasteiger partial charge in [-0.3, -0.25) is 4.79 Å². The van der Waals surface area contributed by atoms with E-state index >= 15 is 0 Å². The Hall–Kier alpha value is -1.62. The van der Waals surface area contributed by atoms with Gasteiger partial charge in [0.15, 0.2) is 9.84 Å². The fraction of sp³-hybridized carbons (Fsp3) is 0.357. The molecule has 2 rings (SSSR count). The van der Waals surface area contributed by atoms with Gasteiger partial charge < -0.3 is 4.90 Å². The molecule has 1 aliphatic heterocycles. The number of rotatable bonds is 3. The molecule has 0 radical (unpaired) electrons. The predicted octanol–water partition coefficient (Wildman–Crippen LogP) is 1.88. The maximum absolute atomic E-state index is 12.3. The quantitative estimate of drug-likeness (QED) is 0.794. The number of benzene rings is 1. The Morgan fingerprint density at radius 1 is 1.32 bits per heavy atom. The minimum absolute atomic E-state index is 0.0584. The maximum Gasteiger partial charge on any atom is 0.254 e. The molecule has 1 amide bonds. The highest BCUT2D eigenvalue weighted by atomic mass is 32.2. The van der Waals surface area contributed by atoms with Gasteiger partial charge in [0.2, 0.25) is 0 Å². The summed E-state index contributed by atoms with van der Waals surface area (Å²) in [6, 6.07) is 6.25. The number of carbonyl (C=O) groups is 1. The van der Waals surface area contributed by atoms with Crippen LogP contribution in [0.15, 0.2) is 41.3 Å². The van der Waals surface area contributed by atoms with Gasteiger partial charge in [-0.1, -0.05) is 19.1 Å². The molecule has 0 saturated heterocycles. The second-order valence-corrected chi connectivity index (χ2v) is 6.67. The van der Waals surface area contributed by atoms with Gasteiger partial charge in [0.1, 0.15) is 0 Å². The minimum Gasteiger partial charge on any atom is -0.329 e. The zero-order chi connectivity index (χ0) is 14.0. The Labute approximate surface area is 113 Å². The summed E-state index contributed by atoms with van der Waals surface area (Å²) in [6.45, 7) is 2.65. The van der Waals surface area contributed by atoms with Crippen molar-refractivity contribution in [2.75, 3.05) is 12.8 Å². The SMILES string of the molecule is CC[C@H]1C=CCN1C(=O)c1ccc(S(C)(=O)=O)cc1. The molecule has 0 fully saturated rings. The third-order valence-electron chi connectivity index (χ3n) is 3.27. The monoisotopic (exact) mass is 279 g/mol. The summed E-state index contributed by atoms with van der Waals surface area (Å²) < 4.78 is 22.7. The van der Waals surface area contributed by atoms with Crippen LogP contribution in [-0.4, -0.2) is 38.1 Å². The molecule has 1 aliphatic rings. The molecule has 0 bridgehead atoms. The van der Waals surface area contributed by atoms with Gasteiger partial charge in [0, 0.05) is 18.4 Å². The molecule has 1 aromatic carbocycles. The van der Waals surface area contributed by atoms with Crippen LogP contribution >= 0.6 is 0 Å². The largest absolute Gasteiger partial charge is 0.329 e. The lowest BCUT2D eigenvalue weighted by Gasteiger charge is -2.23. The van der Waals surface area contributed by atoms with Crippen LogP contribution in [0, 0.1) is 0 Å². The summed E-state index contributed by atoms with van der Waals surface area (Å²) in [5.41, 5.74) is 0.523. The van der Waals surface area contributed by atoms with Crippen LogP contribution in [0.5, 0.6) is 0 Å². The van der Waals surface area contributed by atoms with E-state index in [2.05, 4.69) is 0 Å². The summed E-state index contributed by atoms with van der Waals surface area (Å²) in [6.07, 6.45) is 6.05. The predicted molar refractivity (Wildman–Crippen MR) is 73.8 cm³/mol. The van der Waals surface area contributed by atoms with Gasteiger partial charge in [-0.25, -0.2) is 8.42 Å². The first-order valence-electron chi connectivity index (χ1n) is 6.21. The van der Waals surface area contributed by atoms with Crippen molar-refractivity contribution in [1.29, 1.82) is 0 Å². The zero-order valence-electron chi connectivity index (χ0n) is 11.0. The molecular weight excluding hydrogens is 262 g/mol. The van der Waals surface area contributed by atoms with E-state index in [0.717, 1.165) is 12.7 Å². The zero-order valence-corrected chi connectivity index (χ0v) is 11.9. The molecule has 0 unspecified atom stereocenters. The standard InChI is InChI=1S/C14H17NO3S/c1-3-12-5-4-10-15(12)14(16)11-6-8-13(9-7-11)19(2,17)18/h4-9,12H,3,10H2,1-2H3/t12-/m0/s1. The molecule has 102 valence electrons. The maximum atomic E-state index is 12.3. The topological polar surface area (TPSA) is 54.5 Å². The third kappa shape index (κ3) is 2.87. The highest BCUT2D eigenvalue weighted by Crippen LogP contribution is 2.18. The van der Waals surface area contributed by atoms with E-state index in [0.29, 0.717) is 12.1 Å². The summed E-state index contributed by atoms with van der Waals surface area (Å²) in [4.78, 5) is 14.3. The molecule has 0 aromatic heterocycles. The van der Waals surface area contributed by atoms with E-state index in [1.54, 1.807) is 17.0 Å². The van der Waals surface area contributed by atoms with Crippen molar-refractivity contribution >= 4 is 15.7 Å². The van der Waals surface area contributed by atoms with Crippen molar-refractivity contribution in [2.45, 2.75) is 24.3 Å². The fourth-order valence-corrected chi connectivity index (χ4v) is 2.80. The van der Waals surface area contributed by atoms with Crippen molar-refractivity contribution in [2.24, 2.45) is 0 Å². The van der Waals surface area contributed by atoms with E-state index in [1.165, 1.54) is 12.1 Å². The number of carbonyl (C=O) groups excluding carboxylic acids is 1. The lowest BCUT2D eigenvalue weighted by Crippen LogP contribution is -2.35. The van der Waals surface area contributed by atoms with Crippen LogP contribution in [0.2, 0.25) is 0 Å². The lowest BCUT2D eigenvalue weighted by atomic mass is 10.1. The van der Waals surface area contributed by atoms with Crippen molar-refractivity contribution in [3.8, 4) is 0 Å². The molecule has 1 heterocycles. The van der Waals surface area contributed by atoms with Crippen molar-refractivity contribution in [3.05, 3.63) is 42.0 Å². The number of nitrogens with zero attached hydrogens (tertiary/aromatic N) is 1. The Kier molecular flexibility index (Phi) is 3.75. The summed E-state index contributed by atoms with van der Waals surface area (Å²) in [5, 5.41) is 0. The van der Waals surface area contributed by atoms with E-state index in [-0.39, 0.29) is 16.8 Å². The van der Waals surface area contributed by atoms with Gasteiger partial charge in [0.05, 0.1) is 10.9 Å². The number of amides is 1. The minimum atomic E-state index is -3.22. The first kappa shape index (κ1) is 13.8. The van der Waals surface area contributed by atoms with Crippen LogP contribution < -0.4 is 0 Å². The number of hydrogen-bond acceptors (Lipinski definition) is 3. The van der Waals surface area contributed by atoms with Gasteiger partial charge in [-0.05, 0) is 30.7 Å². The van der Waals surface area contributed by atoms with E-state index in [9.17, 15) is 13.2 Å². The fourth-order valence-electron chi connectivity index (χ4n) is 2.17. The molecule has 19 heavy (non-hydrogen) atoms. The smallest absolute Gasteiger partial charge is 0.254 e. The first-order valence-corrected chi connectivity index (χ1v) is 8.10. The molecule has 4 nitrogen and oxygen atoms in total. The van der Waals surface area contributed by atoms with Crippen molar-refractivity contribution in [3.63, 3.8) is 0 Å². The molecule has 5 heteroatoms. The second kappa shape index (κ2) is 5.17. The highest BCUT2D eigenvalue weighted by Gasteiger charge is 2.24. The highest BCUT2D eigenvalue weighted by molar-refractivity contribution is 7.90. The van der Waals surface area contributed by atoms with Crippen molar-refractivity contribution in [1.82, 2.24) is 4.90 Å². The molecule has 1 aromatic rings. The molecule has 0 spiro atoms. The lowest BCUT2D eigenvalue weighted by molar-refractivity contribution is 0.0747. The van der Waals surface area contributed by atoms with E-state index in [4.69, 9.17) is 0 Å². The Morgan fingerprint density at radius 3 is 2.47 bits per heavy atom. The van der Waals surface area contributed by atoms with Crippen molar-refractivity contribution < 1.29 is 13.2 Å². The van der Waals surface area contributed by atoms with Gasteiger partial charge >= 0.3 is 0 Å². The van der Waals surface area contributed by atoms with E-state index < -0.39 is 9.84 Å². The molecule has 0 N–H and O–H groups in total. The Morgan fingerprint density at radius 2 is 1.95 bits per heavy atom. The third-order valence-corrected chi connectivity index (χ3v) is 4.40. The van der Waals surface area contributed by atoms with Gasteiger partial charge in [-0.15, -0.1) is 0 Å². The van der Waals surface area contributed by atoms with Crippen LogP contribution in [0.1, 0.15) is 23.7 Å². The second-order valence-electron chi connectivity index (χ2n) is 4.66. The summed E-state index contributed by atoms with van der Waals surface area (Å²) >= 11 is 0. The van der Waals surface area contributed by atoms with Crippen LogP contribution in [0.4, 0.5) is 0 Å². The summed E-state index contributed by atoms with van der Waals surface area (Å²) in [5.74, 6) is -0.0584. The normalized spacial score (nSPS) is 18.8. The van der Waals surface area contributed by atoms with Crippen LogP contribution in [0.25, 0.3) is 0 Å². The molecular formula is C14H17NO3S. The van der Waals surface area contributed by atoms with Crippen LogP contribution in [0.3, 0.4) is 0 Å². The van der Waals surface area contributed by atoms with Gasteiger partial charge in [-0.2, -0.15) is 0 Å². The van der Waals surface area contributed by atoms with Gasteiger partial charge in [0.25, 0.3) is 5.91 Å². The average Bonchev–Trinajstić information content (AvgIpc) is 2.85. The summed E-state index contributed by atoms with van der Waals surface area (Å²) in [7, 11) is -3.22. The Bertz CT molecular complexity index is 602. The average molecular weight is 279 g/mol. The van der Waals surface area contributed by atoms with E-state index in [1.807, 2.05) is 19.1 Å². The first-order chi connectivity index (χ1) is 8.93. The molecule has 1 atom stereocenters. The molecule has 0 aliphatic carbocycles. The van der Waals surface area contributed by atoms with Crippen LogP contribution in [-0.2, 0) is 9.84 Å². The Balaban J connectivity index is 2.21. The number of sulfone groups is 1.